The van der Waals surface area contributed by atoms with E-state index in [2.05, 4.69) is 0 Å². The van der Waals surface area contributed by atoms with Gasteiger partial charge in [-0.3, -0.25) is 9.59 Å². The largest absolute Gasteiger partial charge is 0.289 e. The average Bonchev–Trinajstić information content (AvgIpc) is 2.46. The smallest absolute Gasteiger partial charge is 0.190 e. The molecule has 0 unspecified atom stereocenters. The maximum absolute atomic E-state index is 12.3. The van der Waals surface area contributed by atoms with E-state index in [0.717, 1.165) is 5.56 Å². The molecule has 0 radical (unpaired) electrons. The summed E-state index contributed by atoms with van der Waals surface area (Å²) < 4.78 is 0. The highest BCUT2D eigenvalue weighted by atomic mass is 16.1. The predicted molar refractivity (Wildman–Crippen MR) is 73.3 cm³/mol. The molecular formula is C17H12O2. The van der Waals surface area contributed by atoms with E-state index in [4.69, 9.17) is 0 Å². The van der Waals surface area contributed by atoms with Crippen molar-refractivity contribution >= 4 is 11.6 Å². The molecule has 0 aliphatic heterocycles. The third-order valence-electron chi connectivity index (χ3n) is 3.27. The van der Waals surface area contributed by atoms with Crippen LogP contribution in [0.15, 0.2) is 66.2 Å². The van der Waals surface area contributed by atoms with Crippen LogP contribution in [0.3, 0.4) is 0 Å². The minimum absolute atomic E-state index is 0.0425. The highest BCUT2D eigenvalue weighted by molar-refractivity contribution is 6.24. The number of fused-ring (bicyclic) bond motifs is 1. The van der Waals surface area contributed by atoms with E-state index < -0.39 is 0 Å². The molecule has 0 bridgehead atoms. The van der Waals surface area contributed by atoms with Gasteiger partial charge in [0, 0.05) is 23.1 Å². The van der Waals surface area contributed by atoms with E-state index in [1.807, 2.05) is 30.3 Å². The van der Waals surface area contributed by atoms with Gasteiger partial charge in [0.05, 0.1) is 0 Å². The molecule has 1 aliphatic rings. The monoisotopic (exact) mass is 248 g/mol. The number of ketones is 2. The van der Waals surface area contributed by atoms with Gasteiger partial charge in [-0.1, -0.05) is 54.6 Å². The fraction of sp³-hybridized carbons (Fsp3) is 0.0588. The van der Waals surface area contributed by atoms with Crippen molar-refractivity contribution in [1.29, 1.82) is 0 Å². The Balaban J connectivity index is 1.97. The Hall–Kier alpha value is -2.48. The predicted octanol–water partition coefficient (Wildman–Crippen LogP) is 3.23. The van der Waals surface area contributed by atoms with Crippen molar-refractivity contribution in [3.63, 3.8) is 0 Å². The van der Waals surface area contributed by atoms with Crippen LogP contribution in [0.2, 0.25) is 0 Å². The summed E-state index contributed by atoms with van der Waals surface area (Å²) >= 11 is 0. The Bertz CT molecular complexity index is 681. The van der Waals surface area contributed by atoms with Crippen LogP contribution < -0.4 is 0 Å². The molecule has 0 atom stereocenters. The lowest BCUT2D eigenvalue weighted by Gasteiger charge is -2.14. The third kappa shape index (κ3) is 2.13. The van der Waals surface area contributed by atoms with Gasteiger partial charge in [0.1, 0.15) is 0 Å². The fourth-order valence-electron chi connectivity index (χ4n) is 2.32. The van der Waals surface area contributed by atoms with Gasteiger partial charge in [0.15, 0.2) is 11.6 Å². The molecular weight excluding hydrogens is 236 g/mol. The zero-order valence-corrected chi connectivity index (χ0v) is 10.3. The SMILES string of the molecule is O=C1C=C(Cc2ccccc2)C(=O)c2ccccc21. The van der Waals surface area contributed by atoms with Gasteiger partial charge in [0.2, 0.25) is 0 Å². The lowest BCUT2D eigenvalue weighted by atomic mass is 9.87. The molecule has 0 amide bonds. The maximum atomic E-state index is 12.3. The summed E-state index contributed by atoms with van der Waals surface area (Å²) in [6, 6.07) is 16.7. The molecule has 0 N–H and O–H groups in total. The second kappa shape index (κ2) is 4.65. The minimum Gasteiger partial charge on any atom is -0.289 e. The fourth-order valence-corrected chi connectivity index (χ4v) is 2.32. The zero-order valence-electron chi connectivity index (χ0n) is 10.3. The molecule has 0 spiro atoms. The van der Waals surface area contributed by atoms with Crippen LogP contribution in [-0.4, -0.2) is 11.6 Å². The second-order valence-electron chi connectivity index (χ2n) is 4.57. The van der Waals surface area contributed by atoms with E-state index in [-0.39, 0.29) is 11.6 Å². The highest BCUT2D eigenvalue weighted by Gasteiger charge is 2.24. The van der Waals surface area contributed by atoms with E-state index in [1.165, 1.54) is 6.08 Å². The lowest BCUT2D eigenvalue weighted by molar-refractivity contribution is 0.0982. The number of hydrogen-bond acceptors (Lipinski definition) is 2. The molecule has 2 nitrogen and oxygen atoms in total. The number of benzene rings is 2. The first-order chi connectivity index (χ1) is 9.25. The first kappa shape index (κ1) is 11.6. The van der Waals surface area contributed by atoms with Gasteiger partial charge in [-0.2, -0.15) is 0 Å². The molecule has 0 saturated carbocycles. The van der Waals surface area contributed by atoms with Gasteiger partial charge >= 0.3 is 0 Å². The minimum atomic E-state index is -0.0823. The highest BCUT2D eigenvalue weighted by Crippen LogP contribution is 2.23. The van der Waals surface area contributed by atoms with Crippen molar-refractivity contribution in [2.75, 3.05) is 0 Å². The lowest BCUT2D eigenvalue weighted by Crippen LogP contribution is -2.18. The summed E-state index contributed by atoms with van der Waals surface area (Å²) in [6.45, 7) is 0. The molecule has 2 heteroatoms. The molecule has 19 heavy (non-hydrogen) atoms. The van der Waals surface area contributed by atoms with E-state index in [0.29, 0.717) is 23.1 Å². The summed E-state index contributed by atoms with van der Waals surface area (Å²) in [5.41, 5.74) is 2.62. The molecule has 0 heterocycles. The van der Waals surface area contributed by atoms with E-state index in [9.17, 15) is 9.59 Å². The van der Waals surface area contributed by atoms with Gasteiger partial charge < -0.3 is 0 Å². The van der Waals surface area contributed by atoms with Crippen molar-refractivity contribution in [1.82, 2.24) is 0 Å². The zero-order chi connectivity index (χ0) is 13.2. The summed E-state index contributed by atoms with van der Waals surface area (Å²) in [4.78, 5) is 24.3. The summed E-state index contributed by atoms with van der Waals surface area (Å²) in [5, 5.41) is 0. The van der Waals surface area contributed by atoms with E-state index >= 15 is 0 Å². The van der Waals surface area contributed by atoms with E-state index in [1.54, 1.807) is 24.3 Å². The third-order valence-corrected chi connectivity index (χ3v) is 3.27. The second-order valence-corrected chi connectivity index (χ2v) is 4.57. The first-order valence-corrected chi connectivity index (χ1v) is 6.18. The molecule has 2 aromatic rings. The number of hydrogen-bond donors (Lipinski definition) is 0. The van der Waals surface area contributed by atoms with Crippen molar-refractivity contribution in [2.45, 2.75) is 6.42 Å². The van der Waals surface area contributed by atoms with Crippen LogP contribution in [0.1, 0.15) is 26.3 Å². The van der Waals surface area contributed by atoms with Crippen LogP contribution >= 0.6 is 0 Å². The number of carbonyl (C=O) groups is 2. The number of Topliss-reactive ketones (excluding diaryl/α,β-unsaturated/α-hetero) is 1. The normalized spacial score (nSPS) is 14.0. The standard InChI is InChI=1S/C17H12O2/c18-16-11-13(10-12-6-2-1-3-7-12)17(19)15-9-5-4-8-14(15)16/h1-9,11H,10H2. The Morgan fingerprint density at radius 3 is 2.11 bits per heavy atom. The molecule has 0 aromatic heterocycles. The average molecular weight is 248 g/mol. The molecule has 1 aliphatic carbocycles. The molecule has 0 saturated heterocycles. The van der Waals surface area contributed by atoms with Crippen molar-refractivity contribution < 1.29 is 9.59 Å². The number of rotatable bonds is 2. The Morgan fingerprint density at radius 2 is 1.37 bits per heavy atom. The van der Waals surface area contributed by atoms with Gasteiger partial charge in [-0.25, -0.2) is 0 Å². The molecule has 92 valence electrons. The van der Waals surface area contributed by atoms with Crippen molar-refractivity contribution in [3.8, 4) is 0 Å². The van der Waals surface area contributed by atoms with Crippen LogP contribution in [-0.2, 0) is 6.42 Å². The van der Waals surface area contributed by atoms with Crippen LogP contribution in [0, 0.1) is 0 Å². The first-order valence-electron chi connectivity index (χ1n) is 6.18. The number of allylic oxidation sites excluding steroid dienone is 2. The van der Waals surface area contributed by atoms with Gasteiger partial charge in [-0.05, 0) is 11.6 Å². The summed E-state index contributed by atoms with van der Waals surface area (Å²) in [7, 11) is 0. The number of carbonyl (C=O) groups excluding carboxylic acids is 2. The van der Waals surface area contributed by atoms with Crippen LogP contribution in [0.25, 0.3) is 0 Å². The summed E-state index contributed by atoms with van der Waals surface area (Å²) in [6.07, 6.45) is 1.97. The molecule has 2 aromatic carbocycles. The Labute approximate surface area is 111 Å². The Morgan fingerprint density at radius 1 is 0.737 bits per heavy atom. The van der Waals surface area contributed by atoms with Gasteiger partial charge in [-0.15, -0.1) is 0 Å². The maximum Gasteiger partial charge on any atom is 0.190 e. The molecule has 0 fully saturated rings. The molecule has 3 rings (SSSR count). The van der Waals surface area contributed by atoms with Gasteiger partial charge in [0.25, 0.3) is 0 Å². The quantitative estimate of drug-likeness (QED) is 0.817. The summed E-state index contributed by atoms with van der Waals surface area (Å²) in [5.74, 6) is -0.125. The van der Waals surface area contributed by atoms with Crippen molar-refractivity contribution in [2.24, 2.45) is 0 Å². The van der Waals surface area contributed by atoms with Crippen LogP contribution in [0.5, 0.6) is 0 Å². The Kier molecular flexibility index (Phi) is 2.84. The van der Waals surface area contributed by atoms with Crippen molar-refractivity contribution in [3.05, 3.63) is 82.9 Å². The van der Waals surface area contributed by atoms with Crippen LogP contribution in [0.4, 0.5) is 0 Å². The topological polar surface area (TPSA) is 34.1 Å².